The Balaban J connectivity index is 2.50. The molecule has 0 aliphatic carbocycles. The molecule has 2 rings (SSSR count). The van der Waals surface area contributed by atoms with Crippen LogP contribution in [0.3, 0.4) is 0 Å². The van der Waals surface area contributed by atoms with Crippen LogP contribution in [0.4, 0.5) is 4.39 Å². The van der Waals surface area contributed by atoms with Gasteiger partial charge in [-0.3, -0.25) is 0 Å². The van der Waals surface area contributed by atoms with Gasteiger partial charge < -0.3 is 4.57 Å². The third-order valence-electron chi connectivity index (χ3n) is 2.51. The van der Waals surface area contributed by atoms with Crippen molar-refractivity contribution in [1.29, 1.82) is 5.26 Å². The average Bonchev–Trinajstić information content (AvgIpc) is 2.59. The number of hydrogen-bond acceptors (Lipinski definition) is 2. The van der Waals surface area contributed by atoms with Crippen molar-refractivity contribution in [3.8, 4) is 17.5 Å². The number of rotatable bonds is 2. The topological polar surface area (TPSA) is 41.6 Å². The Bertz CT molecular complexity index is 581. The molecule has 0 saturated carbocycles. The van der Waals surface area contributed by atoms with E-state index in [1.54, 1.807) is 12.1 Å². The number of aromatic nitrogens is 2. The molecule has 1 heterocycles. The zero-order chi connectivity index (χ0) is 12.4. The molecule has 1 aromatic heterocycles. The lowest BCUT2D eigenvalue weighted by Gasteiger charge is -2.03. The molecule has 0 fully saturated rings. The number of nitrogens with zero attached hydrogens (tertiary/aromatic N) is 3. The third kappa shape index (κ3) is 2.22. The fourth-order valence-corrected chi connectivity index (χ4v) is 2.20. The van der Waals surface area contributed by atoms with Gasteiger partial charge in [0.15, 0.2) is 0 Å². The molecule has 0 unspecified atom stereocenters. The van der Waals surface area contributed by atoms with Crippen molar-refractivity contribution < 1.29 is 4.39 Å². The molecule has 5 heteroatoms. The highest BCUT2D eigenvalue weighted by atomic mass is 79.9. The van der Waals surface area contributed by atoms with E-state index in [-0.39, 0.29) is 12.2 Å². The average molecular weight is 294 g/mol. The van der Waals surface area contributed by atoms with E-state index in [9.17, 15) is 4.39 Å². The molecular weight excluding hydrogens is 285 g/mol. The van der Waals surface area contributed by atoms with E-state index in [1.807, 2.05) is 11.6 Å². The van der Waals surface area contributed by atoms with Crippen LogP contribution in [0.5, 0.6) is 0 Å². The van der Waals surface area contributed by atoms with E-state index < -0.39 is 0 Å². The van der Waals surface area contributed by atoms with Crippen LogP contribution < -0.4 is 0 Å². The summed E-state index contributed by atoms with van der Waals surface area (Å²) in [5.74, 6) is 0.432. The van der Waals surface area contributed by atoms with E-state index in [0.29, 0.717) is 10.4 Å². The number of imidazole rings is 1. The van der Waals surface area contributed by atoms with Crippen molar-refractivity contribution in [1.82, 2.24) is 9.55 Å². The summed E-state index contributed by atoms with van der Waals surface area (Å²) in [5, 5.41) is 8.72. The summed E-state index contributed by atoms with van der Waals surface area (Å²) in [7, 11) is 1.84. The Morgan fingerprint density at radius 2 is 2.06 bits per heavy atom. The van der Waals surface area contributed by atoms with Crippen LogP contribution >= 0.6 is 15.9 Å². The van der Waals surface area contributed by atoms with Crippen LogP contribution in [-0.4, -0.2) is 9.55 Å². The minimum atomic E-state index is -0.278. The minimum Gasteiger partial charge on any atom is -0.329 e. The summed E-state index contributed by atoms with van der Waals surface area (Å²) in [4.78, 5) is 4.33. The number of halogens is 2. The Morgan fingerprint density at radius 1 is 1.41 bits per heavy atom. The first-order chi connectivity index (χ1) is 8.13. The number of benzene rings is 1. The first-order valence-electron chi connectivity index (χ1n) is 4.97. The minimum absolute atomic E-state index is 0.278. The van der Waals surface area contributed by atoms with Crippen LogP contribution in [-0.2, 0) is 13.5 Å². The molecule has 0 amide bonds. The van der Waals surface area contributed by atoms with E-state index in [2.05, 4.69) is 27.0 Å². The fraction of sp³-hybridized carbons (Fsp3) is 0.167. The normalized spacial score (nSPS) is 10.2. The first kappa shape index (κ1) is 11.8. The lowest BCUT2D eigenvalue weighted by atomic mass is 10.2. The van der Waals surface area contributed by atoms with E-state index in [1.165, 1.54) is 12.1 Å². The predicted molar refractivity (Wildman–Crippen MR) is 65.6 cm³/mol. The van der Waals surface area contributed by atoms with Gasteiger partial charge in [-0.05, 0) is 40.2 Å². The van der Waals surface area contributed by atoms with Gasteiger partial charge in [0.05, 0.1) is 18.2 Å². The quantitative estimate of drug-likeness (QED) is 0.854. The van der Waals surface area contributed by atoms with Gasteiger partial charge >= 0.3 is 0 Å². The highest BCUT2D eigenvalue weighted by Gasteiger charge is 2.13. The van der Waals surface area contributed by atoms with Gasteiger partial charge in [-0.1, -0.05) is 0 Å². The van der Waals surface area contributed by atoms with Gasteiger partial charge in [0.1, 0.15) is 16.2 Å². The third-order valence-corrected chi connectivity index (χ3v) is 3.15. The van der Waals surface area contributed by atoms with E-state index >= 15 is 0 Å². The second kappa shape index (κ2) is 4.68. The van der Waals surface area contributed by atoms with E-state index in [4.69, 9.17) is 5.26 Å². The van der Waals surface area contributed by atoms with Crippen molar-refractivity contribution in [2.24, 2.45) is 7.05 Å². The summed E-state index contributed by atoms with van der Waals surface area (Å²) in [6.45, 7) is 0. The summed E-state index contributed by atoms with van der Waals surface area (Å²) < 4.78 is 15.3. The van der Waals surface area contributed by atoms with Crippen LogP contribution in [0.15, 0.2) is 28.9 Å². The molecule has 0 spiro atoms. The van der Waals surface area contributed by atoms with Gasteiger partial charge in [-0.15, -0.1) is 0 Å². The van der Waals surface area contributed by atoms with Crippen molar-refractivity contribution in [3.05, 3.63) is 40.4 Å². The first-order valence-corrected chi connectivity index (χ1v) is 5.76. The van der Waals surface area contributed by atoms with Gasteiger partial charge in [-0.2, -0.15) is 5.26 Å². The summed E-state index contributed by atoms with van der Waals surface area (Å²) >= 11 is 3.32. The molecule has 0 atom stereocenters. The predicted octanol–water partition coefficient (Wildman–Crippen LogP) is 3.05. The summed E-state index contributed by atoms with van der Waals surface area (Å²) in [5.41, 5.74) is 1.63. The van der Waals surface area contributed by atoms with Crippen molar-refractivity contribution >= 4 is 15.9 Å². The van der Waals surface area contributed by atoms with Crippen molar-refractivity contribution in [2.45, 2.75) is 6.42 Å². The summed E-state index contributed by atoms with van der Waals surface area (Å²) in [6.07, 6.45) is 0.283. The monoisotopic (exact) mass is 293 g/mol. The van der Waals surface area contributed by atoms with Gasteiger partial charge in [-0.25, -0.2) is 9.37 Å². The maximum Gasteiger partial charge on any atom is 0.141 e. The highest BCUT2D eigenvalue weighted by Crippen LogP contribution is 2.25. The van der Waals surface area contributed by atoms with Crippen LogP contribution in [0, 0.1) is 17.1 Å². The molecule has 1 aromatic carbocycles. The Labute approximate surface area is 107 Å². The molecule has 0 N–H and O–H groups in total. The molecule has 0 aliphatic rings. The molecule has 17 heavy (non-hydrogen) atoms. The zero-order valence-corrected chi connectivity index (χ0v) is 10.7. The smallest absolute Gasteiger partial charge is 0.141 e. The Kier molecular flexibility index (Phi) is 3.25. The molecule has 0 bridgehead atoms. The van der Waals surface area contributed by atoms with Gasteiger partial charge in [0.25, 0.3) is 0 Å². The highest BCUT2D eigenvalue weighted by molar-refractivity contribution is 9.10. The summed E-state index contributed by atoms with van der Waals surface area (Å²) in [6, 6.07) is 8.20. The standard InChI is InChI=1S/C12H9BrFN3/c1-17-10(6-7-15)11(13)16-12(17)8-2-4-9(14)5-3-8/h2-5H,6H2,1H3. The largest absolute Gasteiger partial charge is 0.329 e. The Hall–Kier alpha value is -1.67. The molecule has 0 saturated heterocycles. The van der Waals surface area contributed by atoms with Crippen LogP contribution in [0.25, 0.3) is 11.4 Å². The molecule has 0 aliphatic heterocycles. The van der Waals surface area contributed by atoms with Crippen molar-refractivity contribution in [2.75, 3.05) is 0 Å². The lowest BCUT2D eigenvalue weighted by Crippen LogP contribution is -1.98. The zero-order valence-electron chi connectivity index (χ0n) is 9.11. The molecular formula is C12H9BrFN3. The molecule has 0 radical (unpaired) electrons. The SMILES string of the molecule is Cn1c(-c2ccc(F)cc2)nc(Br)c1CC#N. The maximum absolute atomic E-state index is 12.8. The maximum atomic E-state index is 12.8. The molecule has 3 nitrogen and oxygen atoms in total. The second-order valence-electron chi connectivity index (χ2n) is 3.57. The van der Waals surface area contributed by atoms with E-state index in [0.717, 1.165) is 11.3 Å². The van der Waals surface area contributed by atoms with Crippen LogP contribution in [0.1, 0.15) is 5.69 Å². The molecule has 2 aromatic rings. The fourth-order valence-electron chi connectivity index (χ4n) is 1.62. The van der Waals surface area contributed by atoms with Crippen LogP contribution in [0.2, 0.25) is 0 Å². The molecule has 86 valence electrons. The Morgan fingerprint density at radius 3 is 2.65 bits per heavy atom. The number of hydrogen-bond donors (Lipinski definition) is 0. The second-order valence-corrected chi connectivity index (χ2v) is 4.32. The number of nitriles is 1. The van der Waals surface area contributed by atoms with Gasteiger partial charge in [0.2, 0.25) is 0 Å². The lowest BCUT2D eigenvalue weighted by molar-refractivity contribution is 0.628. The van der Waals surface area contributed by atoms with Gasteiger partial charge in [0, 0.05) is 12.6 Å². The van der Waals surface area contributed by atoms with Crippen molar-refractivity contribution in [3.63, 3.8) is 0 Å².